The average Bonchev–Trinajstić information content (AvgIpc) is 2.54. The van der Waals surface area contributed by atoms with Crippen LogP contribution in [0.1, 0.15) is 19.0 Å². The summed E-state index contributed by atoms with van der Waals surface area (Å²) in [6.45, 7) is 2.93. The van der Waals surface area contributed by atoms with E-state index in [1.807, 2.05) is 31.2 Å². The van der Waals surface area contributed by atoms with Gasteiger partial charge in [-0.1, -0.05) is 19.1 Å². The van der Waals surface area contributed by atoms with Crippen molar-refractivity contribution in [3.05, 3.63) is 41.7 Å². The van der Waals surface area contributed by atoms with E-state index in [9.17, 15) is 9.59 Å². The number of pyridine rings is 1. The summed E-state index contributed by atoms with van der Waals surface area (Å²) in [7, 11) is 0. The van der Waals surface area contributed by atoms with Crippen molar-refractivity contribution in [1.29, 1.82) is 5.26 Å². The molecule has 3 unspecified atom stereocenters. The van der Waals surface area contributed by atoms with Crippen LogP contribution >= 0.6 is 0 Å². The molecule has 1 aliphatic carbocycles. The Kier molecular flexibility index (Phi) is 3.76. The highest BCUT2D eigenvalue weighted by Crippen LogP contribution is 2.38. The van der Waals surface area contributed by atoms with Crippen molar-refractivity contribution in [3.63, 3.8) is 0 Å². The molecule has 1 fully saturated rings. The number of piperidine rings is 1. The fraction of sp³-hybridized carbons (Fsp3) is 0.412. The zero-order valence-corrected chi connectivity index (χ0v) is 12.4. The number of likely N-dealkylation sites (tertiary alicyclic amines) is 1. The summed E-state index contributed by atoms with van der Waals surface area (Å²) in [5.74, 6) is -0.744. The molecule has 1 aromatic heterocycles. The molecule has 0 spiro atoms. The number of hydrogen-bond acceptors (Lipinski definition) is 4. The van der Waals surface area contributed by atoms with Gasteiger partial charge in [-0.2, -0.15) is 5.26 Å². The number of Topliss-reactive ketones (excluding diaryl/α,β-unsaturated/α-hetero) is 1. The molecule has 0 bridgehead atoms. The molecule has 2 aliphatic rings. The van der Waals surface area contributed by atoms with Crippen LogP contribution in [0.5, 0.6) is 0 Å². The van der Waals surface area contributed by atoms with Crippen LogP contribution in [0.2, 0.25) is 0 Å². The molecule has 1 amide bonds. The summed E-state index contributed by atoms with van der Waals surface area (Å²) in [5.41, 5.74) is 0.973. The lowest BCUT2D eigenvalue weighted by Crippen LogP contribution is -2.49. The van der Waals surface area contributed by atoms with Crippen LogP contribution in [-0.4, -0.2) is 28.1 Å². The first-order valence-electron chi connectivity index (χ1n) is 7.46. The molecule has 5 heteroatoms. The van der Waals surface area contributed by atoms with Crippen LogP contribution in [0, 0.1) is 29.1 Å². The van der Waals surface area contributed by atoms with Gasteiger partial charge in [-0.05, 0) is 24.5 Å². The van der Waals surface area contributed by atoms with E-state index in [1.54, 1.807) is 17.2 Å². The van der Waals surface area contributed by atoms with E-state index < -0.39 is 0 Å². The molecule has 112 valence electrons. The fourth-order valence-electron chi connectivity index (χ4n) is 3.38. The molecule has 0 radical (unpaired) electrons. The van der Waals surface area contributed by atoms with Gasteiger partial charge in [0.1, 0.15) is 6.07 Å². The second-order valence-corrected chi connectivity index (χ2v) is 5.90. The van der Waals surface area contributed by atoms with Crippen LogP contribution in [0.3, 0.4) is 0 Å². The van der Waals surface area contributed by atoms with Gasteiger partial charge in [0.2, 0.25) is 5.91 Å². The van der Waals surface area contributed by atoms with Crippen molar-refractivity contribution < 1.29 is 9.59 Å². The highest BCUT2D eigenvalue weighted by molar-refractivity contribution is 6.03. The van der Waals surface area contributed by atoms with Gasteiger partial charge in [0.15, 0.2) is 5.78 Å². The number of ketones is 1. The third kappa shape index (κ3) is 2.41. The minimum atomic E-state index is -0.361. The third-order valence-electron chi connectivity index (χ3n) is 4.66. The second kappa shape index (κ2) is 5.72. The molecule has 1 aliphatic heterocycles. The predicted octanol–water partition coefficient (Wildman–Crippen LogP) is 1.72. The van der Waals surface area contributed by atoms with Crippen LogP contribution in [0.25, 0.3) is 0 Å². The lowest BCUT2D eigenvalue weighted by molar-refractivity contribution is -0.142. The summed E-state index contributed by atoms with van der Waals surface area (Å²) in [5, 5.41) is 9.08. The van der Waals surface area contributed by atoms with Crippen LogP contribution < -0.4 is 0 Å². The maximum absolute atomic E-state index is 12.7. The van der Waals surface area contributed by atoms with Crippen LogP contribution in [-0.2, 0) is 16.1 Å². The minimum absolute atomic E-state index is 0.00555. The minimum Gasteiger partial charge on any atom is -0.336 e. The zero-order chi connectivity index (χ0) is 15.7. The number of fused-ring (bicyclic) bond motifs is 1. The van der Waals surface area contributed by atoms with Crippen molar-refractivity contribution in [2.24, 2.45) is 17.8 Å². The summed E-state index contributed by atoms with van der Waals surface area (Å²) < 4.78 is 0. The van der Waals surface area contributed by atoms with Gasteiger partial charge in [-0.25, -0.2) is 0 Å². The van der Waals surface area contributed by atoms with Gasteiger partial charge in [0.25, 0.3) is 0 Å². The van der Waals surface area contributed by atoms with Gasteiger partial charge in [0, 0.05) is 18.7 Å². The number of allylic oxidation sites excluding steroid dienone is 1. The molecule has 0 N–H and O–H groups in total. The fourth-order valence-corrected chi connectivity index (χ4v) is 3.38. The Morgan fingerprint density at radius 2 is 2.23 bits per heavy atom. The Balaban J connectivity index is 1.84. The molecule has 1 aromatic rings. The largest absolute Gasteiger partial charge is 0.336 e. The Morgan fingerprint density at radius 3 is 2.91 bits per heavy atom. The number of amides is 1. The highest BCUT2D eigenvalue weighted by atomic mass is 16.2. The number of carbonyl (C=O) groups excluding carboxylic acids is 2. The lowest BCUT2D eigenvalue weighted by atomic mass is 9.69. The summed E-state index contributed by atoms with van der Waals surface area (Å²) >= 11 is 0. The number of hydrogen-bond donors (Lipinski definition) is 0. The third-order valence-corrected chi connectivity index (χ3v) is 4.66. The molecule has 5 nitrogen and oxygen atoms in total. The standard InChI is InChI=1S/C17H17N3O2/c1-11-14-5-7-20(10-13-4-2-3-6-19-13)17(22)15(14)8-12(9-18)16(11)21/h2-4,6,8,11,14-15H,5,7,10H2,1H3. The Bertz CT molecular complexity index is 675. The summed E-state index contributed by atoms with van der Waals surface area (Å²) in [6, 6.07) is 7.56. The molecule has 3 atom stereocenters. The molecule has 0 aromatic carbocycles. The molecule has 3 rings (SSSR count). The predicted molar refractivity (Wildman–Crippen MR) is 79.1 cm³/mol. The monoisotopic (exact) mass is 295 g/mol. The van der Waals surface area contributed by atoms with E-state index in [0.29, 0.717) is 13.1 Å². The number of nitrogens with zero attached hydrogens (tertiary/aromatic N) is 3. The van der Waals surface area contributed by atoms with Crippen LogP contribution in [0.15, 0.2) is 36.0 Å². The van der Waals surface area contributed by atoms with Gasteiger partial charge in [0.05, 0.1) is 23.7 Å². The Hall–Kier alpha value is -2.48. The van der Waals surface area contributed by atoms with Crippen molar-refractivity contribution in [2.75, 3.05) is 6.54 Å². The molecule has 2 heterocycles. The number of rotatable bonds is 2. The smallest absolute Gasteiger partial charge is 0.230 e. The maximum Gasteiger partial charge on any atom is 0.230 e. The van der Waals surface area contributed by atoms with Crippen LogP contribution in [0.4, 0.5) is 0 Å². The van der Waals surface area contributed by atoms with Gasteiger partial charge < -0.3 is 4.90 Å². The van der Waals surface area contributed by atoms with Gasteiger partial charge >= 0.3 is 0 Å². The quantitative estimate of drug-likeness (QED) is 0.832. The molecule has 0 saturated carbocycles. The van der Waals surface area contributed by atoms with E-state index in [4.69, 9.17) is 5.26 Å². The number of carbonyl (C=O) groups is 2. The van der Waals surface area contributed by atoms with E-state index in [0.717, 1.165) is 12.1 Å². The van der Waals surface area contributed by atoms with E-state index in [2.05, 4.69) is 4.98 Å². The molecule has 1 saturated heterocycles. The molecule has 22 heavy (non-hydrogen) atoms. The van der Waals surface area contributed by atoms with Crippen molar-refractivity contribution in [3.8, 4) is 6.07 Å². The number of aromatic nitrogens is 1. The van der Waals surface area contributed by atoms with Crippen molar-refractivity contribution in [1.82, 2.24) is 9.88 Å². The second-order valence-electron chi connectivity index (χ2n) is 5.90. The van der Waals surface area contributed by atoms with E-state index >= 15 is 0 Å². The Morgan fingerprint density at radius 1 is 1.41 bits per heavy atom. The van der Waals surface area contributed by atoms with Gasteiger partial charge in [-0.3, -0.25) is 14.6 Å². The van der Waals surface area contributed by atoms with Crippen molar-refractivity contribution in [2.45, 2.75) is 19.9 Å². The maximum atomic E-state index is 12.7. The first-order chi connectivity index (χ1) is 10.6. The normalized spacial score (nSPS) is 27.9. The average molecular weight is 295 g/mol. The SMILES string of the molecule is CC1C(=O)C(C#N)=CC2C(=O)N(Cc3ccccn3)CCC12. The van der Waals surface area contributed by atoms with Crippen molar-refractivity contribution >= 4 is 11.7 Å². The highest BCUT2D eigenvalue weighted by Gasteiger charge is 2.44. The zero-order valence-electron chi connectivity index (χ0n) is 12.4. The molecular weight excluding hydrogens is 278 g/mol. The molecular formula is C17H17N3O2. The lowest BCUT2D eigenvalue weighted by Gasteiger charge is -2.40. The first kappa shape index (κ1) is 14.5. The first-order valence-corrected chi connectivity index (χ1v) is 7.46. The summed E-state index contributed by atoms with van der Waals surface area (Å²) in [4.78, 5) is 30.8. The topological polar surface area (TPSA) is 74.1 Å². The summed E-state index contributed by atoms with van der Waals surface area (Å²) in [6.07, 6.45) is 4.06. The number of nitriles is 1. The van der Waals surface area contributed by atoms with Gasteiger partial charge in [-0.15, -0.1) is 0 Å². The van der Waals surface area contributed by atoms with E-state index in [1.165, 1.54) is 0 Å². The van der Waals surface area contributed by atoms with E-state index in [-0.39, 0.29) is 35.0 Å². The Labute approximate surface area is 129 Å².